The van der Waals surface area contributed by atoms with Crippen molar-refractivity contribution < 1.29 is 20.1 Å². The van der Waals surface area contributed by atoms with E-state index in [4.69, 9.17) is 5.11 Å². The minimum Gasteiger partial charge on any atom is -0.481 e. The number of hydrogen-bond donors (Lipinski definition) is 3. The molecule has 0 heterocycles. The lowest BCUT2D eigenvalue weighted by atomic mass is 9.99. The molecule has 0 bridgehead atoms. The number of carboxylic acid groups (broad SMARTS) is 1. The van der Waals surface area contributed by atoms with Crippen LogP contribution in [0.4, 0.5) is 0 Å². The van der Waals surface area contributed by atoms with Crippen molar-refractivity contribution in [1.82, 2.24) is 0 Å². The van der Waals surface area contributed by atoms with Crippen molar-refractivity contribution in [2.75, 3.05) is 0 Å². The van der Waals surface area contributed by atoms with Crippen LogP contribution in [-0.4, -0.2) is 33.5 Å². The molecule has 114 valence electrons. The molecule has 0 aliphatic rings. The summed E-state index contributed by atoms with van der Waals surface area (Å²) in [5, 5.41) is 27.2. The van der Waals surface area contributed by atoms with Gasteiger partial charge in [0, 0.05) is 6.42 Å². The van der Waals surface area contributed by atoms with Crippen LogP contribution in [0.25, 0.3) is 0 Å². The van der Waals surface area contributed by atoms with E-state index in [9.17, 15) is 15.0 Å². The molecule has 0 fully saturated rings. The maximum atomic E-state index is 10.4. The van der Waals surface area contributed by atoms with Crippen LogP contribution in [0.1, 0.15) is 52.9 Å². The predicted octanol–water partition coefficient (Wildman–Crippen LogP) is 2.35. The fourth-order valence-corrected chi connectivity index (χ4v) is 1.68. The summed E-state index contributed by atoms with van der Waals surface area (Å²) >= 11 is 0. The Balaban J connectivity index is 3.91. The highest BCUT2D eigenvalue weighted by atomic mass is 16.4. The van der Waals surface area contributed by atoms with Crippen molar-refractivity contribution in [2.24, 2.45) is 5.92 Å². The summed E-state index contributed by atoms with van der Waals surface area (Å²) in [5.41, 5.74) is 1.33. The Morgan fingerprint density at radius 2 is 1.90 bits per heavy atom. The lowest BCUT2D eigenvalue weighted by Crippen LogP contribution is -2.26. The number of allylic oxidation sites excluding steroid dienone is 2. The second-order valence-electron chi connectivity index (χ2n) is 5.43. The van der Waals surface area contributed by atoms with Crippen molar-refractivity contribution in [3.05, 3.63) is 11.6 Å². The molecule has 0 saturated heterocycles. The van der Waals surface area contributed by atoms with Crippen LogP contribution in [0, 0.1) is 17.8 Å². The van der Waals surface area contributed by atoms with E-state index in [2.05, 4.69) is 38.7 Å². The van der Waals surface area contributed by atoms with Gasteiger partial charge in [-0.2, -0.15) is 0 Å². The highest BCUT2D eigenvalue weighted by Crippen LogP contribution is 2.13. The Labute approximate surface area is 121 Å². The third-order valence-electron chi connectivity index (χ3n) is 2.97. The average Bonchev–Trinajstić information content (AvgIpc) is 2.33. The molecule has 0 rings (SSSR count). The molecule has 0 radical (unpaired) electrons. The second kappa shape index (κ2) is 10.5. The zero-order valence-electron chi connectivity index (χ0n) is 12.6. The van der Waals surface area contributed by atoms with E-state index < -0.39 is 24.6 Å². The molecule has 3 N–H and O–H groups in total. The summed E-state index contributed by atoms with van der Waals surface area (Å²) in [4.78, 5) is 10.4. The number of hydrogen-bond acceptors (Lipinski definition) is 3. The predicted molar refractivity (Wildman–Crippen MR) is 79.1 cm³/mol. The molecule has 0 aromatic carbocycles. The normalized spacial score (nSPS) is 14.7. The fraction of sp³-hybridized carbons (Fsp3) is 0.688. The zero-order chi connectivity index (χ0) is 15.5. The number of aliphatic carboxylic acids is 1. The third-order valence-corrected chi connectivity index (χ3v) is 2.97. The molecule has 0 aromatic heterocycles. The molecule has 0 aliphatic carbocycles. The number of aliphatic hydroxyl groups excluding tert-OH is 2. The third kappa shape index (κ3) is 10.6. The molecule has 4 heteroatoms. The van der Waals surface area contributed by atoms with Crippen molar-refractivity contribution in [3.8, 4) is 11.8 Å². The lowest BCUT2D eigenvalue weighted by Gasteiger charge is -2.10. The zero-order valence-corrected chi connectivity index (χ0v) is 12.6. The Bertz CT molecular complexity index is 372. The summed E-state index contributed by atoms with van der Waals surface area (Å²) in [6.45, 7) is 6.33. The monoisotopic (exact) mass is 282 g/mol. The van der Waals surface area contributed by atoms with Gasteiger partial charge < -0.3 is 15.3 Å². The summed E-state index contributed by atoms with van der Waals surface area (Å²) in [5.74, 6) is 4.71. The SMILES string of the molecule is CC(C)=CCCC(C)CCC#CC(O)C(O)CC(=O)O. The van der Waals surface area contributed by atoms with E-state index in [0.29, 0.717) is 12.3 Å². The Morgan fingerprint density at radius 1 is 1.25 bits per heavy atom. The number of rotatable bonds is 8. The molecule has 4 nitrogen and oxygen atoms in total. The first-order valence-corrected chi connectivity index (χ1v) is 7.02. The topological polar surface area (TPSA) is 77.8 Å². The smallest absolute Gasteiger partial charge is 0.306 e. The van der Waals surface area contributed by atoms with Crippen molar-refractivity contribution in [3.63, 3.8) is 0 Å². The van der Waals surface area contributed by atoms with Crippen molar-refractivity contribution in [1.29, 1.82) is 0 Å². The first kappa shape index (κ1) is 18.7. The van der Waals surface area contributed by atoms with Crippen LogP contribution in [-0.2, 0) is 4.79 Å². The summed E-state index contributed by atoms with van der Waals surface area (Å²) in [6, 6.07) is 0. The second-order valence-corrected chi connectivity index (χ2v) is 5.43. The van der Waals surface area contributed by atoms with Crippen LogP contribution >= 0.6 is 0 Å². The molecule has 0 amide bonds. The molecule has 0 aromatic rings. The molecule has 3 atom stereocenters. The van der Waals surface area contributed by atoms with Gasteiger partial charge in [0.05, 0.1) is 6.42 Å². The standard InChI is InChI=1S/C16H26O4/c1-12(2)7-6-9-13(3)8-4-5-10-14(17)15(18)11-16(19)20/h7,13-15,17-18H,4,6,8-9,11H2,1-3H3,(H,19,20). The lowest BCUT2D eigenvalue weighted by molar-refractivity contribution is -0.140. The minimum atomic E-state index is -1.32. The summed E-state index contributed by atoms with van der Waals surface area (Å²) < 4.78 is 0. The van der Waals surface area contributed by atoms with Gasteiger partial charge in [-0.15, -0.1) is 5.92 Å². The van der Waals surface area contributed by atoms with E-state index in [1.54, 1.807) is 0 Å². The van der Waals surface area contributed by atoms with E-state index in [1.165, 1.54) is 5.57 Å². The largest absolute Gasteiger partial charge is 0.481 e. The van der Waals surface area contributed by atoms with Gasteiger partial charge in [-0.1, -0.05) is 24.5 Å². The van der Waals surface area contributed by atoms with Gasteiger partial charge in [-0.05, 0) is 39.0 Å². The summed E-state index contributed by atoms with van der Waals surface area (Å²) in [6.07, 6.45) is 2.87. The number of aliphatic hydroxyl groups is 2. The Kier molecular flexibility index (Phi) is 9.79. The maximum absolute atomic E-state index is 10.4. The van der Waals surface area contributed by atoms with Gasteiger partial charge >= 0.3 is 5.97 Å². The minimum absolute atomic E-state index is 0.491. The van der Waals surface area contributed by atoms with E-state index in [1.807, 2.05) is 0 Å². The molecular formula is C16H26O4. The molecule has 0 aliphatic heterocycles. The maximum Gasteiger partial charge on any atom is 0.306 e. The van der Waals surface area contributed by atoms with E-state index in [-0.39, 0.29) is 0 Å². The first-order chi connectivity index (χ1) is 9.32. The van der Waals surface area contributed by atoms with E-state index >= 15 is 0 Å². The number of carbonyl (C=O) groups is 1. The number of carboxylic acids is 1. The molecule has 0 spiro atoms. The highest BCUT2D eigenvalue weighted by molar-refractivity contribution is 5.67. The van der Waals surface area contributed by atoms with Gasteiger partial charge in [-0.25, -0.2) is 0 Å². The Morgan fingerprint density at radius 3 is 2.45 bits per heavy atom. The molecule has 3 unspecified atom stereocenters. The molecule has 20 heavy (non-hydrogen) atoms. The first-order valence-electron chi connectivity index (χ1n) is 7.02. The molecule has 0 saturated carbocycles. The average molecular weight is 282 g/mol. The quantitative estimate of drug-likeness (QED) is 0.472. The Hall–Kier alpha value is -1.31. The summed E-state index contributed by atoms with van der Waals surface area (Å²) in [7, 11) is 0. The van der Waals surface area contributed by atoms with Crippen LogP contribution in [0.3, 0.4) is 0 Å². The van der Waals surface area contributed by atoms with Gasteiger partial charge in [0.15, 0.2) is 0 Å². The fourth-order valence-electron chi connectivity index (χ4n) is 1.68. The van der Waals surface area contributed by atoms with Crippen LogP contribution in [0.2, 0.25) is 0 Å². The van der Waals surface area contributed by atoms with Gasteiger partial charge in [0.25, 0.3) is 0 Å². The van der Waals surface area contributed by atoms with Crippen molar-refractivity contribution in [2.45, 2.75) is 65.1 Å². The van der Waals surface area contributed by atoms with Crippen LogP contribution in [0.15, 0.2) is 11.6 Å². The van der Waals surface area contributed by atoms with Gasteiger partial charge in [-0.3, -0.25) is 4.79 Å². The highest BCUT2D eigenvalue weighted by Gasteiger charge is 2.16. The van der Waals surface area contributed by atoms with Gasteiger partial charge in [0.2, 0.25) is 0 Å². The van der Waals surface area contributed by atoms with Gasteiger partial charge in [0.1, 0.15) is 12.2 Å². The van der Waals surface area contributed by atoms with Crippen LogP contribution in [0.5, 0.6) is 0 Å². The van der Waals surface area contributed by atoms with Crippen molar-refractivity contribution >= 4 is 5.97 Å². The van der Waals surface area contributed by atoms with E-state index in [0.717, 1.165) is 19.3 Å². The molecular weight excluding hydrogens is 256 g/mol. The van der Waals surface area contributed by atoms with Crippen LogP contribution < -0.4 is 0 Å².